The van der Waals surface area contributed by atoms with Gasteiger partial charge in [0, 0.05) is 13.0 Å². The molecule has 146 valence electrons. The van der Waals surface area contributed by atoms with Crippen molar-refractivity contribution >= 4 is 23.5 Å². The third-order valence-electron chi connectivity index (χ3n) is 4.41. The van der Waals surface area contributed by atoms with Crippen LogP contribution in [0.3, 0.4) is 0 Å². The minimum atomic E-state index is -0.581. The van der Waals surface area contributed by atoms with Gasteiger partial charge in [-0.25, -0.2) is 4.79 Å². The highest BCUT2D eigenvalue weighted by Gasteiger charge is 2.37. The summed E-state index contributed by atoms with van der Waals surface area (Å²) in [5, 5.41) is 0. The molecule has 0 aliphatic carbocycles. The first-order chi connectivity index (χ1) is 13.5. The van der Waals surface area contributed by atoms with Gasteiger partial charge in [-0.3, -0.25) is 9.59 Å². The number of carbonyl (C=O) groups excluding carboxylic acids is 3. The molecule has 2 aromatic carbocycles. The summed E-state index contributed by atoms with van der Waals surface area (Å²) in [6, 6.07) is 13.3. The van der Waals surface area contributed by atoms with Crippen LogP contribution in [0.5, 0.6) is 11.5 Å². The van der Waals surface area contributed by atoms with Crippen molar-refractivity contribution < 1.29 is 28.6 Å². The highest BCUT2D eigenvalue weighted by molar-refractivity contribution is 6.00. The number of para-hydroxylation sites is 2. The van der Waals surface area contributed by atoms with Crippen LogP contribution in [0.15, 0.2) is 48.5 Å². The van der Waals surface area contributed by atoms with Gasteiger partial charge < -0.3 is 19.1 Å². The van der Waals surface area contributed by atoms with Crippen LogP contribution < -0.4 is 14.4 Å². The van der Waals surface area contributed by atoms with Crippen molar-refractivity contribution in [3.05, 3.63) is 54.1 Å². The van der Waals surface area contributed by atoms with Crippen LogP contribution in [0, 0.1) is 5.92 Å². The zero-order valence-electron chi connectivity index (χ0n) is 15.7. The predicted octanol–water partition coefficient (Wildman–Crippen LogP) is 2.83. The van der Waals surface area contributed by atoms with E-state index in [1.54, 1.807) is 17.0 Å². The first kappa shape index (κ1) is 19.4. The molecule has 1 atom stereocenters. The van der Waals surface area contributed by atoms with E-state index in [1.165, 1.54) is 31.4 Å². The zero-order valence-corrected chi connectivity index (χ0v) is 15.7. The Morgan fingerprint density at radius 2 is 1.82 bits per heavy atom. The fourth-order valence-corrected chi connectivity index (χ4v) is 3.03. The Labute approximate surface area is 162 Å². The van der Waals surface area contributed by atoms with E-state index in [1.807, 2.05) is 19.1 Å². The van der Waals surface area contributed by atoms with Crippen LogP contribution in [0.1, 0.15) is 23.7 Å². The second-order valence-corrected chi connectivity index (χ2v) is 6.24. The Balaban J connectivity index is 1.68. The number of ether oxygens (including phenoxy) is 3. The molecule has 7 nitrogen and oxygen atoms in total. The number of hydrogen-bond acceptors (Lipinski definition) is 6. The lowest BCUT2D eigenvalue weighted by molar-refractivity contribution is -0.139. The second-order valence-electron chi connectivity index (χ2n) is 6.24. The minimum absolute atomic E-state index is 0.0690. The number of hydrogen-bond donors (Lipinski definition) is 0. The van der Waals surface area contributed by atoms with Gasteiger partial charge in [-0.2, -0.15) is 0 Å². The van der Waals surface area contributed by atoms with E-state index < -0.39 is 17.9 Å². The van der Waals surface area contributed by atoms with Crippen molar-refractivity contribution in [2.75, 3.05) is 25.2 Å². The maximum atomic E-state index is 12.5. The number of esters is 2. The summed E-state index contributed by atoms with van der Waals surface area (Å²) in [4.78, 5) is 38.0. The molecule has 1 fully saturated rings. The van der Waals surface area contributed by atoms with Gasteiger partial charge in [0.1, 0.15) is 11.5 Å². The van der Waals surface area contributed by atoms with Gasteiger partial charge in [-0.15, -0.1) is 0 Å². The van der Waals surface area contributed by atoms with E-state index in [0.29, 0.717) is 29.4 Å². The molecule has 1 aliphatic heterocycles. The van der Waals surface area contributed by atoms with E-state index in [-0.39, 0.29) is 18.9 Å². The minimum Gasteiger partial charge on any atom is -0.492 e. The molecule has 3 rings (SSSR count). The topological polar surface area (TPSA) is 82.1 Å². The summed E-state index contributed by atoms with van der Waals surface area (Å²) in [5.74, 6) is -0.792. The molecule has 28 heavy (non-hydrogen) atoms. The quantitative estimate of drug-likeness (QED) is 0.564. The number of anilines is 1. The molecule has 0 radical (unpaired) electrons. The number of benzene rings is 2. The number of nitrogens with zero attached hydrogens (tertiary/aromatic N) is 1. The monoisotopic (exact) mass is 383 g/mol. The Morgan fingerprint density at radius 1 is 1.11 bits per heavy atom. The molecule has 7 heteroatoms. The second kappa shape index (κ2) is 8.56. The molecule has 0 N–H and O–H groups in total. The van der Waals surface area contributed by atoms with Crippen molar-refractivity contribution in [2.45, 2.75) is 13.3 Å². The Morgan fingerprint density at radius 3 is 2.50 bits per heavy atom. The summed E-state index contributed by atoms with van der Waals surface area (Å²) in [6.07, 6.45) is 0.0690. The van der Waals surface area contributed by atoms with Crippen molar-refractivity contribution in [1.29, 1.82) is 0 Å². The standard InChI is InChI=1S/C21H21NO6/c1-3-27-18-7-5-4-6-17(18)22-13-15(12-19(22)23)21(25)28-16-10-8-14(9-11-16)20(24)26-2/h4-11,15H,3,12-13H2,1-2H3/t15-/m0/s1. The molecule has 0 spiro atoms. The SMILES string of the molecule is CCOc1ccccc1N1C[C@@H](C(=O)Oc2ccc(C(=O)OC)cc2)CC1=O. The van der Waals surface area contributed by atoms with Gasteiger partial charge in [0.05, 0.1) is 30.9 Å². The van der Waals surface area contributed by atoms with Crippen LogP contribution >= 0.6 is 0 Å². The molecule has 0 saturated carbocycles. The maximum Gasteiger partial charge on any atom is 0.337 e. The number of carbonyl (C=O) groups is 3. The number of amides is 1. The molecule has 1 heterocycles. The van der Waals surface area contributed by atoms with Crippen LogP contribution in [-0.4, -0.2) is 38.1 Å². The van der Waals surface area contributed by atoms with Gasteiger partial charge in [-0.05, 0) is 43.3 Å². The van der Waals surface area contributed by atoms with Crippen LogP contribution in [0.2, 0.25) is 0 Å². The van der Waals surface area contributed by atoms with E-state index >= 15 is 0 Å². The van der Waals surface area contributed by atoms with Gasteiger partial charge in [0.15, 0.2) is 0 Å². The third-order valence-corrected chi connectivity index (χ3v) is 4.41. The van der Waals surface area contributed by atoms with Gasteiger partial charge in [0.2, 0.25) is 5.91 Å². The third kappa shape index (κ3) is 4.14. The molecule has 1 aliphatic rings. The number of rotatable bonds is 6. The van der Waals surface area contributed by atoms with Crippen LogP contribution in [0.25, 0.3) is 0 Å². The fourth-order valence-electron chi connectivity index (χ4n) is 3.03. The first-order valence-corrected chi connectivity index (χ1v) is 8.95. The van der Waals surface area contributed by atoms with Crippen molar-refractivity contribution in [3.63, 3.8) is 0 Å². The number of methoxy groups -OCH3 is 1. The summed E-state index contributed by atoms with van der Waals surface area (Å²) < 4.78 is 15.6. The largest absolute Gasteiger partial charge is 0.492 e. The van der Waals surface area contributed by atoms with Crippen LogP contribution in [0.4, 0.5) is 5.69 Å². The molecule has 0 unspecified atom stereocenters. The molecule has 0 aromatic heterocycles. The lowest BCUT2D eigenvalue weighted by atomic mass is 10.1. The highest BCUT2D eigenvalue weighted by Crippen LogP contribution is 2.33. The first-order valence-electron chi connectivity index (χ1n) is 8.95. The maximum absolute atomic E-state index is 12.5. The average Bonchev–Trinajstić information content (AvgIpc) is 3.10. The van der Waals surface area contributed by atoms with Crippen LogP contribution in [-0.2, 0) is 14.3 Å². The highest BCUT2D eigenvalue weighted by atomic mass is 16.5. The normalized spacial score (nSPS) is 16.0. The zero-order chi connectivity index (χ0) is 20.1. The average molecular weight is 383 g/mol. The summed E-state index contributed by atoms with van der Waals surface area (Å²) in [6.45, 7) is 2.57. The molecule has 1 saturated heterocycles. The smallest absolute Gasteiger partial charge is 0.337 e. The molecule has 0 bridgehead atoms. The Hall–Kier alpha value is -3.35. The van der Waals surface area contributed by atoms with Crippen molar-refractivity contribution in [3.8, 4) is 11.5 Å². The Bertz CT molecular complexity index is 877. The Kier molecular flexibility index (Phi) is 5.93. The molecule has 1 amide bonds. The summed E-state index contributed by atoms with van der Waals surface area (Å²) >= 11 is 0. The van der Waals surface area contributed by atoms with E-state index in [2.05, 4.69) is 4.74 Å². The predicted molar refractivity (Wildman–Crippen MR) is 101 cm³/mol. The van der Waals surface area contributed by atoms with E-state index in [4.69, 9.17) is 9.47 Å². The lowest BCUT2D eigenvalue weighted by Crippen LogP contribution is -2.27. The molecule has 2 aromatic rings. The van der Waals surface area contributed by atoms with E-state index in [0.717, 1.165) is 0 Å². The van der Waals surface area contributed by atoms with Gasteiger partial charge in [0.25, 0.3) is 0 Å². The van der Waals surface area contributed by atoms with E-state index in [9.17, 15) is 14.4 Å². The summed E-state index contributed by atoms with van der Waals surface area (Å²) in [5.41, 5.74) is 1.00. The van der Waals surface area contributed by atoms with Gasteiger partial charge in [-0.1, -0.05) is 12.1 Å². The van der Waals surface area contributed by atoms with Crippen molar-refractivity contribution in [2.24, 2.45) is 5.92 Å². The molecular weight excluding hydrogens is 362 g/mol. The summed E-state index contributed by atoms with van der Waals surface area (Å²) in [7, 11) is 1.29. The molecular formula is C21H21NO6. The van der Waals surface area contributed by atoms with Crippen molar-refractivity contribution in [1.82, 2.24) is 0 Å². The van der Waals surface area contributed by atoms with Gasteiger partial charge >= 0.3 is 11.9 Å². The lowest BCUT2D eigenvalue weighted by Gasteiger charge is -2.19. The fraction of sp³-hybridized carbons (Fsp3) is 0.286.